The summed E-state index contributed by atoms with van der Waals surface area (Å²) >= 11 is 0. The Balaban J connectivity index is 1.83. The number of H-pyrrole nitrogens is 1. The van der Waals surface area contributed by atoms with Crippen molar-refractivity contribution in [2.45, 2.75) is 64.3 Å². The first kappa shape index (κ1) is 23.1. The maximum atomic E-state index is 12.6. The van der Waals surface area contributed by atoms with Crippen molar-refractivity contribution in [3.63, 3.8) is 0 Å². The van der Waals surface area contributed by atoms with Crippen molar-refractivity contribution in [1.82, 2.24) is 15.6 Å². The van der Waals surface area contributed by atoms with Crippen molar-refractivity contribution in [1.29, 1.82) is 5.26 Å². The molecule has 0 unspecified atom stereocenters. The molecule has 1 aromatic carbocycles. The molecule has 30 heavy (non-hydrogen) atoms. The number of benzene rings is 1. The van der Waals surface area contributed by atoms with Crippen molar-refractivity contribution in [3.8, 4) is 6.07 Å². The highest BCUT2D eigenvalue weighted by Crippen LogP contribution is 2.17. The normalized spacial score (nSPS) is 11.6. The SMILES string of the molecule is CCC(=O)CCCCC[C@H](NC(=O)CC#N)C(=O)NCCc1c[nH]c2ccccc12. The van der Waals surface area contributed by atoms with Gasteiger partial charge in [0, 0.05) is 36.5 Å². The molecule has 0 spiro atoms. The van der Waals surface area contributed by atoms with Crippen molar-refractivity contribution < 1.29 is 14.4 Å². The van der Waals surface area contributed by atoms with Gasteiger partial charge in [-0.1, -0.05) is 38.0 Å². The maximum absolute atomic E-state index is 12.6. The van der Waals surface area contributed by atoms with Crippen molar-refractivity contribution in [2.24, 2.45) is 0 Å². The van der Waals surface area contributed by atoms with Gasteiger partial charge in [-0.05, 0) is 30.9 Å². The molecule has 0 saturated heterocycles. The Hall–Kier alpha value is -3.14. The second-order valence-electron chi connectivity index (χ2n) is 7.35. The number of hydrogen-bond donors (Lipinski definition) is 3. The van der Waals surface area contributed by atoms with Crippen LogP contribution in [0.5, 0.6) is 0 Å². The third-order valence-electron chi connectivity index (χ3n) is 5.10. The van der Waals surface area contributed by atoms with Crippen LogP contribution in [-0.2, 0) is 20.8 Å². The fraction of sp³-hybridized carbons (Fsp3) is 0.478. The van der Waals surface area contributed by atoms with Crippen LogP contribution in [-0.4, -0.2) is 35.2 Å². The number of ketones is 1. The van der Waals surface area contributed by atoms with Gasteiger partial charge in [0.15, 0.2) is 0 Å². The summed E-state index contributed by atoms with van der Waals surface area (Å²) in [4.78, 5) is 39.0. The molecule has 0 aliphatic rings. The average Bonchev–Trinajstić information content (AvgIpc) is 3.15. The minimum Gasteiger partial charge on any atom is -0.361 e. The van der Waals surface area contributed by atoms with Gasteiger partial charge in [0.1, 0.15) is 18.2 Å². The highest BCUT2D eigenvalue weighted by molar-refractivity contribution is 5.88. The van der Waals surface area contributed by atoms with Crippen LogP contribution in [0.15, 0.2) is 30.5 Å². The number of aromatic amines is 1. The molecular weight excluding hydrogens is 380 g/mol. The number of fused-ring (bicyclic) bond motifs is 1. The number of para-hydroxylation sites is 1. The molecule has 160 valence electrons. The molecule has 0 bridgehead atoms. The van der Waals surface area contributed by atoms with Crippen molar-refractivity contribution in [3.05, 3.63) is 36.0 Å². The zero-order valence-electron chi connectivity index (χ0n) is 17.5. The second kappa shape index (κ2) is 12.4. The summed E-state index contributed by atoms with van der Waals surface area (Å²) in [6.07, 6.45) is 6.26. The first-order chi connectivity index (χ1) is 14.5. The molecule has 7 nitrogen and oxygen atoms in total. The number of carbonyl (C=O) groups is 3. The van der Waals surface area contributed by atoms with E-state index >= 15 is 0 Å². The van der Waals surface area contributed by atoms with Gasteiger partial charge in [-0.25, -0.2) is 0 Å². The molecule has 0 fully saturated rings. The highest BCUT2D eigenvalue weighted by atomic mass is 16.2. The van der Waals surface area contributed by atoms with Gasteiger partial charge in [-0.15, -0.1) is 0 Å². The summed E-state index contributed by atoms with van der Waals surface area (Å²) in [6.45, 7) is 2.31. The largest absolute Gasteiger partial charge is 0.361 e. The smallest absolute Gasteiger partial charge is 0.242 e. The average molecular weight is 411 g/mol. The van der Waals surface area contributed by atoms with Gasteiger partial charge in [-0.2, -0.15) is 5.26 Å². The maximum Gasteiger partial charge on any atom is 0.242 e. The zero-order chi connectivity index (χ0) is 21.8. The first-order valence-electron chi connectivity index (χ1n) is 10.6. The molecule has 1 aromatic heterocycles. The summed E-state index contributed by atoms with van der Waals surface area (Å²) < 4.78 is 0. The van der Waals surface area contributed by atoms with E-state index in [-0.39, 0.29) is 18.1 Å². The van der Waals surface area contributed by atoms with E-state index in [4.69, 9.17) is 5.26 Å². The molecule has 0 saturated carbocycles. The standard InChI is InChI=1S/C23H30N4O3/c1-2-18(28)8-4-3-5-11-21(27-22(29)12-14-24)23(30)25-15-13-17-16-26-20-10-7-6-9-19(17)20/h6-7,9-10,16,21,26H,2-5,8,11-13,15H2,1H3,(H,25,30)(H,27,29)/t21-/m0/s1. The number of amides is 2. The summed E-state index contributed by atoms with van der Waals surface area (Å²) in [5.41, 5.74) is 2.18. The lowest BCUT2D eigenvalue weighted by molar-refractivity contribution is -0.128. The lowest BCUT2D eigenvalue weighted by Crippen LogP contribution is -2.47. The molecule has 7 heteroatoms. The Morgan fingerprint density at radius 1 is 1.17 bits per heavy atom. The van der Waals surface area contributed by atoms with E-state index in [1.54, 1.807) is 6.07 Å². The van der Waals surface area contributed by atoms with E-state index in [1.165, 1.54) is 0 Å². The molecular formula is C23H30N4O3. The first-order valence-corrected chi connectivity index (χ1v) is 10.6. The molecule has 0 aliphatic heterocycles. The number of hydrogen-bond acceptors (Lipinski definition) is 4. The lowest BCUT2D eigenvalue weighted by atomic mass is 10.0. The van der Waals surface area contributed by atoms with E-state index in [9.17, 15) is 14.4 Å². The van der Waals surface area contributed by atoms with Crippen LogP contribution in [0.3, 0.4) is 0 Å². The number of unbranched alkanes of at least 4 members (excludes halogenated alkanes) is 2. The summed E-state index contributed by atoms with van der Waals surface area (Å²) in [5, 5.41) is 15.4. The fourth-order valence-electron chi connectivity index (χ4n) is 3.39. The van der Waals surface area contributed by atoms with Crippen LogP contribution in [0.1, 0.15) is 57.4 Å². The van der Waals surface area contributed by atoms with Gasteiger partial charge >= 0.3 is 0 Å². The molecule has 2 rings (SSSR count). The third kappa shape index (κ3) is 7.36. The van der Waals surface area contributed by atoms with Gasteiger partial charge in [-0.3, -0.25) is 14.4 Å². The number of rotatable bonds is 13. The van der Waals surface area contributed by atoms with E-state index in [1.807, 2.05) is 37.4 Å². The van der Waals surface area contributed by atoms with Gasteiger partial charge in [0.2, 0.25) is 11.8 Å². The number of nitrogens with zero attached hydrogens (tertiary/aromatic N) is 1. The lowest BCUT2D eigenvalue weighted by Gasteiger charge is -2.18. The Kier molecular flexibility index (Phi) is 9.59. The molecule has 0 aliphatic carbocycles. The third-order valence-corrected chi connectivity index (χ3v) is 5.10. The van der Waals surface area contributed by atoms with Crippen LogP contribution >= 0.6 is 0 Å². The topological polar surface area (TPSA) is 115 Å². The minimum absolute atomic E-state index is 0.240. The molecule has 3 N–H and O–H groups in total. The van der Waals surface area contributed by atoms with E-state index < -0.39 is 11.9 Å². The quantitative estimate of drug-likeness (QED) is 0.440. The Morgan fingerprint density at radius 2 is 1.97 bits per heavy atom. The molecule has 1 atom stereocenters. The zero-order valence-corrected chi connectivity index (χ0v) is 17.5. The Morgan fingerprint density at radius 3 is 2.73 bits per heavy atom. The molecule has 2 aromatic rings. The van der Waals surface area contributed by atoms with Crippen LogP contribution in [0.2, 0.25) is 0 Å². The van der Waals surface area contributed by atoms with Gasteiger partial charge < -0.3 is 15.6 Å². The van der Waals surface area contributed by atoms with E-state index in [2.05, 4.69) is 15.6 Å². The highest BCUT2D eigenvalue weighted by Gasteiger charge is 2.20. The minimum atomic E-state index is -0.671. The van der Waals surface area contributed by atoms with E-state index in [0.29, 0.717) is 32.2 Å². The number of Topliss-reactive ketones (excluding diaryl/α,β-unsaturated/α-hetero) is 1. The summed E-state index contributed by atoms with van der Waals surface area (Å²) in [6, 6.07) is 9.12. The number of nitrogens with one attached hydrogen (secondary N) is 3. The molecule has 0 radical (unpaired) electrons. The second-order valence-corrected chi connectivity index (χ2v) is 7.35. The number of carbonyl (C=O) groups excluding carboxylic acids is 3. The Labute approximate surface area is 177 Å². The predicted molar refractivity (Wildman–Crippen MR) is 116 cm³/mol. The summed E-state index contributed by atoms with van der Waals surface area (Å²) in [5.74, 6) is -0.454. The van der Waals surface area contributed by atoms with Crippen LogP contribution in [0.4, 0.5) is 0 Å². The van der Waals surface area contributed by atoms with Crippen LogP contribution in [0, 0.1) is 11.3 Å². The predicted octanol–water partition coefficient (Wildman–Crippen LogP) is 3.15. The number of nitriles is 1. The van der Waals surface area contributed by atoms with Gasteiger partial charge in [0.05, 0.1) is 6.07 Å². The van der Waals surface area contributed by atoms with Crippen molar-refractivity contribution >= 4 is 28.5 Å². The van der Waals surface area contributed by atoms with Gasteiger partial charge in [0.25, 0.3) is 0 Å². The number of aromatic nitrogens is 1. The monoisotopic (exact) mass is 410 g/mol. The molecule has 1 heterocycles. The molecule has 2 amide bonds. The van der Waals surface area contributed by atoms with Crippen LogP contribution in [0.25, 0.3) is 10.9 Å². The van der Waals surface area contributed by atoms with Crippen LogP contribution < -0.4 is 10.6 Å². The fourth-order valence-corrected chi connectivity index (χ4v) is 3.39. The Bertz CT molecular complexity index is 897. The summed E-state index contributed by atoms with van der Waals surface area (Å²) in [7, 11) is 0. The van der Waals surface area contributed by atoms with Crippen molar-refractivity contribution in [2.75, 3.05) is 6.54 Å². The van der Waals surface area contributed by atoms with E-state index in [0.717, 1.165) is 35.7 Å².